The summed E-state index contributed by atoms with van der Waals surface area (Å²) in [6.07, 6.45) is 0. The Morgan fingerprint density at radius 1 is 0.358 bits per heavy atom. The van der Waals surface area contributed by atoms with Gasteiger partial charge in [-0.3, -0.25) is 0 Å². The first-order valence-corrected chi connectivity index (χ1v) is 16.7. The van der Waals surface area contributed by atoms with Crippen LogP contribution in [0.2, 0.25) is 0 Å². The summed E-state index contributed by atoms with van der Waals surface area (Å²) in [6, 6.07) is 9.62. The van der Waals surface area contributed by atoms with Gasteiger partial charge in [0.2, 0.25) is 0 Å². The Morgan fingerprint density at radius 3 is 1.72 bits per heavy atom. The summed E-state index contributed by atoms with van der Waals surface area (Å²) < 4.78 is 179. The van der Waals surface area contributed by atoms with E-state index in [2.05, 4.69) is 6.07 Å². The number of furan rings is 1. The molecule has 1 aromatic heterocycles. The molecule has 0 amide bonds. The summed E-state index contributed by atoms with van der Waals surface area (Å²) in [7, 11) is 0. The van der Waals surface area contributed by atoms with E-state index in [1.54, 1.807) is 18.2 Å². The Kier molecular flexibility index (Phi) is 3.69. The van der Waals surface area contributed by atoms with E-state index in [9.17, 15) is 13.7 Å². The van der Waals surface area contributed by atoms with E-state index in [1.807, 2.05) is 54.6 Å². The highest BCUT2D eigenvalue weighted by Crippen LogP contribution is 2.44. The third-order valence-electron chi connectivity index (χ3n) is 9.60. The topological polar surface area (TPSA) is 13.1 Å². The molecule has 0 unspecified atom stereocenters. The second kappa shape index (κ2) is 11.8. The van der Waals surface area contributed by atoms with Crippen LogP contribution in [0.15, 0.2) is 198 Å². The first kappa shape index (κ1) is 16.6. The summed E-state index contributed by atoms with van der Waals surface area (Å²) in [5.74, 6) is 0. The van der Waals surface area contributed by atoms with Gasteiger partial charge in [0.05, 0.1) is 26.0 Å². The van der Waals surface area contributed by atoms with Crippen molar-refractivity contribution in [3.05, 3.63) is 194 Å². The van der Waals surface area contributed by atoms with Gasteiger partial charge in [-0.1, -0.05) is 163 Å². The van der Waals surface area contributed by atoms with E-state index in [4.69, 9.17) is 16.8 Å². The Morgan fingerprint density at radius 2 is 0.981 bits per heavy atom. The molecule has 53 heavy (non-hydrogen) atoms. The van der Waals surface area contributed by atoms with E-state index in [0.717, 1.165) is 27.3 Å². The average Bonchev–Trinajstić information content (AvgIpc) is 3.75. The van der Waals surface area contributed by atoms with Crippen molar-refractivity contribution in [1.29, 1.82) is 0 Å². The number of para-hydroxylation sites is 1. The predicted octanol–water partition coefficient (Wildman–Crippen LogP) is 14.9. The molecular weight excluding hydrogens is 641 g/mol. The molecule has 0 aliphatic heterocycles. The van der Waals surface area contributed by atoms with Crippen molar-refractivity contribution in [2.75, 3.05) is 0 Å². The summed E-state index contributed by atoms with van der Waals surface area (Å²) in [6.45, 7) is 0. The second-order valence-electron chi connectivity index (χ2n) is 12.6. The number of hydrogen-bond donors (Lipinski definition) is 0. The largest absolute Gasteiger partial charge is 0.455 e. The van der Waals surface area contributed by atoms with Crippen LogP contribution < -0.4 is 0 Å². The minimum atomic E-state index is -0.870. The van der Waals surface area contributed by atoms with Gasteiger partial charge in [0.25, 0.3) is 0 Å². The molecule has 1 nitrogen and oxygen atoms in total. The molecule has 0 fully saturated rings. The summed E-state index contributed by atoms with van der Waals surface area (Å²) in [5.41, 5.74) is 0.594. The van der Waals surface area contributed by atoms with Crippen molar-refractivity contribution in [2.24, 2.45) is 0 Å². The SMILES string of the molecule is [2H]c1c([2H])c([2H])c(-c2c3c([2H])c([2H])c([2H])c([2H])c3c(-c3c([2H])c([2H])c4c([2H])c(-c5ccc6oc7c(-c8ccc9ccccc9c8)cccc7c6c5)c([2H])c([2H])c4c3[2H])c3c([2H])c([2H])c([2H])c([2H])c23)c([2H])c1[2H]. The lowest BCUT2D eigenvalue weighted by molar-refractivity contribution is 0.670. The molecule has 0 bridgehead atoms. The van der Waals surface area contributed by atoms with Crippen molar-refractivity contribution in [2.45, 2.75) is 0 Å². The summed E-state index contributed by atoms with van der Waals surface area (Å²) in [5, 5.41) is 0.300. The van der Waals surface area contributed by atoms with Crippen molar-refractivity contribution >= 4 is 65.0 Å². The fourth-order valence-electron chi connectivity index (χ4n) is 7.18. The van der Waals surface area contributed by atoms with Crippen LogP contribution in [0.5, 0.6) is 0 Å². The van der Waals surface area contributed by atoms with Crippen LogP contribution in [-0.4, -0.2) is 0 Å². The minimum absolute atomic E-state index is 0.100. The van der Waals surface area contributed by atoms with Crippen LogP contribution in [0, 0.1) is 0 Å². The normalized spacial score (nSPS) is 16.8. The maximum absolute atomic E-state index is 9.78. The quantitative estimate of drug-likeness (QED) is 0.167. The molecule has 0 aliphatic rings. The van der Waals surface area contributed by atoms with E-state index < -0.39 is 164 Å². The van der Waals surface area contributed by atoms with Crippen molar-refractivity contribution < 1.29 is 30.5 Å². The summed E-state index contributed by atoms with van der Waals surface area (Å²) in [4.78, 5) is 0. The Bertz CT molecular complexity index is 4220. The molecule has 1 heteroatoms. The standard InChI is InChI=1S/C52H32O/c1-2-12-34(13-3-1)50-43-15-6-8-17-45(43)51(46-18-9-7-16-44(46)50)41-26-24-36-29-37(22-23-38(36)31-41)39-27-28-49-48(32-39)47-20-10-19-42(52(47)53-49)40-25-21-33-11-4-5-14-35(33)30-40/h1-32H/i1D,2D,3D,6D,7D,8D,9D,12D,13D,15D,16D,17D,18D,22D,23D,24D,26D,29D,31D. The molecule has 0 spiro atoms. The predicted molar refractivity (Wildman–Crippen MR) is 225 cm³/mol. The highest BCUT2D eigenvalue weighted by Gasteiger charge is 2.17. The smallest absolute Gasteiger partial charge is 0.143 e. The van der Waals surface area contributed by atoms with E-state index >= 15 is 0 Å². The van der Waals surface area contributed by atoms with Gasteiger partial charge in [-0.2, -0.15) is 0 Å². The van der Waals surface area contributed by atoms with Gasteiger partial charge in [0.15, 0.2) is 0 Å². The Hall–Kier alpha value is -6.96. The molecule has 0 saturated heterocycles. The van der Waals surface area contributed by atoms with Crippen LogP contribution in [-0.2, 0) is 0 Å². The van der Waals surface area contributed by atoms with Crippen molar-refractivity contribution in [3.8, 4) is 44.5 Å². The third-order valence-corrected chi connectivity index (χ3v) is 9.60. The molecule has 0 saturated carbocycles. The van der Waals surface area contributed by atoms with Gasteiger partial charge < -0.3 is 4.42 Å². The number of fused-ring (bicyclic) bond motifs is 7. The highest BCUT2D eigenvalue weighted by molar-refractivity contribution is 6.21. The van der Waals surface area contributed by atoms with Crippen molar-refractivity contribution in [1.82, 2.24) is 0 Å². The molecule has 10 aromatic carbocycles. The molecular formula is C52H32O. The molecule has 0 N–H and O–H groups in total. The van der Waals surface area contributed by atoms with Gasteiger partial charge in [0, 0.05) is 16.3 Å². The van der Waals surface area contributed by atoms with Crippen LogP contribution in [0.1, 0.15) is 26.0 Å². The van der Waals surface area contributed by atoms with Crippen LogP contribution in [0.25, 0.3) is 110 Å². The second-order valence-corrected chi connectivity index (χ2v) is 12.6. The molecule has 0 atom stereocenters. The Balaban J connectivity index is 1.22. The van der Waals surface area contributed by atoms with E-state index in [1.165, 1.54) is 0 Å². The minimum Gasteiger partial charge on any atom is -0.455 e. The lowest BCUT2D eigenvalue weighted by Gasteiger charge is -2.18. The highest BCUT2D eigenvalue weighted by atomic mass is 16.3. The zero-order chi connectivity index (χ0) is 51.4. The zero-order valence-electron chi connectivity index (χ0n) is 46.4. The van der Waals surface area contributed by atoms with Gasteiger partial charge in [-0.25, -0.2) is 0 Å². The maximum atomic E-state index is 9.78. The Labute approximate surface area is 333 Å². The van der Waals surface area contributed by atoms with Crippen molar-refractivity contribution in [3.63, 3.8) is 0 Å². The molecule has 11 rings (SSSR count). The molecule has 246 valence electrons. The van der Waals surface area contributed by atoms with Gasteiger partial charge in [-0.15, -0.1) is 0 Å². The van der Waals surface area contributed by atoms with E-state index in [-0.39, 0.29) is 10.9 Å². The first-order chi connectivity index (χ1) is 34.2. The number of hydrogen-bond acceptors (Lipinski definition) is 1. The average molecular weight is 692 g/mol. The van der Waals surface area contributed by atoms with Crippen LogP contribution in [0.3, 0.4) is 0 Å². The van der Waals surface area contributed by atoms with Gasteiger partial charge in [-0.05, 0) is 112 Å². The molecule has 0 aliphatic carbocycles. The van der Waals surface area contributed by atoms with Crippen LogP contribution in [0.4, 0.5) is 0 Å². The molecule has 11 aromatic rings. The third kappa shape index (κ3) is 4.79. The molecule has 1 heterocycles. The number of benzene rings is 10. The van der Waals surface area contributed by atoms with E-state index in [0.29, 0.717) is 22.1 Å². The monoisotopic (exact) mass is 691 g/mol. The van der Waals surface area contributed by atoms with Gasteiger partial charge in [0.1, 0.15) is 11.2 Å². The lowest BCUT2D eigenvalue weighted by atomic mass is 9.85. The molecule has 0 radical (unpaired) electrons. The first-order valence-electron chi connectivity index (χ1n) is 26.2. The lowest BCUT2D eigenvalue weighted by Crippen LogP contribution is -1.90. The maximum Gasteiger partial charge on any atom is 0.143 e. The van der Waals surface area contributed by atoms with Gasteiger partial charge >= 0.3 is 0 Å². The summed E-state index contributed by atoms with van der Waals surface area (Å²) >= 11 is 0. The fourth-order valence-corrected chi connectivity index (χ4v) is 7.18. The number of rotatable bonds is 4. The van der Waals surface area contributed by atoms with Crippen LogP contribution >= 0.6 is 0 Å². The zero-order valence-corrected chi connectivity index (χ0v) is 27.4. The fraction of sp³-hybridized carbons (Fsp3) is 0.